The van der Waals surface area contributed by atoms with Crippen LogP contribution >= 0.6 is 11.6 Å². The van der Waals surface area contributed by atoms with Gasteiger partial charge in [0.1, 0.15) is 12.0 Å². The molecule has 0 spiro atoms. The monoisotopic (exact) mass is 407 g/mol. The van der Waals surface area contributed by atoms with Crippen molar-refractivity contribution in [3.05, 3.63) is 88.4 Å². The molecule has 3 aromatic carbocycles. The zero-order chi connectivity index (χ0) is 20.8. The average Bonchev–Trinajstić information content (AvgIpc) is 2.73. The first-order valence-electron chi connectivity index (χ1n) is 9.35. The van der Waals surface area contributed by atoms with Crippen LogP contribution in [0.3, 0.4) is 0 Å². The van der Waals surface area contributed by atoms with E-state index in [-0.39, 0.29) is 12.0 Å². The summed E-state index contributed by atoms with van der Waals surface area (Å²) in [6.07, 6.45) is 0.831. The van der Waals surface area contributed by atoms with Crippen LogP contribution in [0.2, 0.25) is 5.02 Å². The van der Waals surface area contributed by atoms with E-state index < -0.39 is 0 Å². The summed E-state index contributed by atoms with van der Waals surface area (Å²) in [6, 6.07) is 20.0. The van der Waals surface area contributed by atoms with Crippen LogP contribution in [0.5, 0.6) is 5.75 Å². The topological polar surface area (TPSA) is 55.4 Å². The summed E-state index contributed by atoms with van der Waals surface area (Å²) in [6.45, 7) is 4.22. The Morgan fingerprint density at radius 2 is 1.76 bits per heavy atom. The molecule has 0 bridgehead atoms. The molecule has 0 saturated heterocycles. The number of carbonyl (C=O) groups is 2. The minimum absolute atomic E-state index is 0.00459. The molecule has 3 rings (SSSR count). The van der Waals surface area contributed by atoms with E-state index in [0.29, 0.717) is 28.4 Å². The van der Waals surface area contributed by atoms with Crippen LogP contribution in [0.15, 0.2) is 66.7 Å². The second-order valence-electron chi connectivity index (χ2n) is 6.92. The molecule has 0 radical (unpaired) electrons. The molecule has 0 atom stereocenters. The van der Waals surface area contributed by atoms with E-state index in [1.807, 2.05) is 50.2 Å². The fourth-order valence-electron chi connectivity index (χ4n) is 2.94. The van der Waals surface area contributed by atoms with Gasteiger partial charge in [-0.3, -0.25) is 9.59 Å². The Morgan fingerprint density at radius 1 is 1.03 bits per heavy atom. The highest BCUT2D eigenvalue weighted by Gasteiger charge is 2.11. The minimum Gasteiger partial charge on any atom is -0.491 e. The highest BCUT2D eigenvalue weighted by molar-refractivity contribution is 6.30. The van der Waals surface area contributed by atoms with E-state index in [1.54, 1.807) is 30.3 Å². The lowest BCUT2D eigenvalue weighted by Crippen LogP contribution is -2.23. The second kappa shape index (κ2) is 9.39. The van der Waals surface area contributed by atoms with Crippen LogP contribution in [-0.2, 0) is 6.54 Å². The number of benzene rings is 3. The number of hydrogen-bond donors (Lipinski definition) is 1. The summed E-state index contributed by atoms with van der Waals surface area (Å²) >= 11 is 5.89. The van der Waals surface area contributed by atoms with Gasteiger partial charge in [-0.05, 0) is 67.4 Å². The van der Waals surface area contributed by atoms with Crippen LogP contribution in [0, 0.1) is 0 Å². The quantitative estimate of drug-likeness (QED) is 0.523. The Morgan fingerprint density at radius 3 is 2.45 bits per heavy atom. The third kappa shape index (κ3) is 5.46. The molecule has 0 aliphatic carbocycles. The molecule has 29 heavy (non-hydrogen) atoms. The number of hydrogen-bond acceptors (Lipinski definition) is 3. The highest BCUT2D eigenvalue weighted by atomic mass is 35.5. The van der Waals surface area contributed by atoms with Gasteiger partial charge >= 0.3 is 0 Å². The van der Waals surface area contributed by atoms with Crippen LogP contribution < -0.4 is 10.1 Å². The first kappa shape index (κ1) is 20.6. The maximum Gasteiger partial charge on any atom is 0.251 e. The molecule has 0 unspecified atom stereocenters. The van der Waals surface area contributed by atoms with Gasteiger partial charge in [0.05, 0.1) is 6.10 Å². The van der Waals surface area contributed by atoms with E-state index in [2.05, 4.69) is 5.32 Å². The molecule has 0 heterocycles. The molecular weight excluding hydrogens is 386 g/mol. The smallest absolute Gasteiger partial charge is 0.251 e. The van der Waals surface area contributed by atoms with Crippen molar-refractivity contribution in [2.24, 2.45) is 0 Å². The molecule has 0 aliphatic rings. The summed E-state index contributed by atoms with van der Waals surface area (Å²) in [5.41, 5.74) is 3.88. The Labute approximate surface area is 175 Å². The molecule has 4 nitrogen and oxygen atoms in total. The third-order valence-corrected chi connectivity index (χ3v) is 4.58. The third-order valence-electron chi connectivity index (χ3n) is 4.33. The van der Waals surface area contributed by atoms with E-state index >= 15 is 0 Å². The van der Waals surface area contributed by atoms with Crippen LogP contribution in [0.25, 0.3) is 11.1 Å². The van der Waals surface area contributed by atoms with Gasteiger partial charge in [-0.25, -0.2) is 0 Å². The fourth-order valence-corrected chi connectivity index (χ4v) is 3.06. The van der Waals surface area contributed by atoms with Gasteiger partial charge in [0.15, 0.2) is 0 Å². The summed E-state index contributed by atoms with van der Waals surface area (Å²) in [5.74, 6) is 0.525. The van der Waals surface area contributed by atoms with Gasteiger partial charge in [-0.15, -0.1) is 0 Å². The minimum atomic E-state index is -0.189. The Bertz CT molecular complexity index is 1010. The van der Waals surface area contributed by atoms with Crippen molar-refractivity contribution in [1.29, 1.82) is 0 Å². The van der Waals surface area contributed by atoms with Gasteiger partial charge in [0.25, 0.3) is 5.91 Å². The normalized spacial score (nSPS) is 10.6. The number of ether oxygens (including phenoxy) is 1. The number of carbonyl (C=O) groups excluding carboxylic acids is 2. The Hall–Kier alpha value is -3.11. The summed E-state index contributed by atoms with van der Waals surface area (Å²) < 4.78 is 5.91. The molecule has 1 amide bonds. The predicted molar refractivity (Wildman–Crippen MR) is 116 cm³/mol. The van der Waals surface area contributed by atoms with Crippen molar-refractivity contribution in [1.82, 2.24) is 5.32 Å². The van der Waals surface area contributed by atoms with Crippen molar-refractivity contribution < 1.29 is 14.3 Å². The molecule has 0 aromatic heterocycles. The number of halogens is 1. The largest absolute Gasteiger partial charge is 0.491 e. The van der Waals surface area contributed by atoms with Crippen molar-refractivity contribution in [2.75, 3.05) is 0 Å². The first-order valence-corrected chi connectivity index (χ1v) is 9.73. The van der Waals surface area contributed by atoms with Gasteiger partial charge in [0.2, 0.25) is 0 Å². The Kier molecular flexibility index (Phi) is 6.68. The van der Waals surface area contributed by atoms with E-state index in [9.17, 15) is 9.59 Å². The van der Waals surface area contributed by atoms with E-state index in [4.69, 9.17) is 16.3 Å². The first-order chi connectivity index (χ1) is 14.0. The van der Waals surface area contributed by atoms with Crippen molar-refractivity contribution in [3.63, 3.8) is 0 Å². The van der Waals surface area contributed by atoms with Gasteiger partial charge in [-0.1, -0.05) is 35.9 Å². The molecule has 0 saturated carbocycles. The molecule has 5 heteroatoms. The SMILES string of the molecule is CC(C)Oc1ccc(-c2cccc(C=O)c2)cc1CNC(=O)c1ccc(Cl)cc1. The lowest BCUT2D eigenvalue weighted by atomic mass is 10.0. The van der Waals surface area contributed by atoms with Crippen molar-refractivity contribution in [3.8, 4) is 16.9 Å². The van der Waals surface area contributed by atoms with Crippen LogP contribution in [0.1, 0.15) is 40.1 Å². The number of amides is 1. The molecule has 0 fully saturated rings. The maximum absolute atomic E-state index is 12.5. The summed E-state index contributed by atoms with van der Waals surface area (Å²) in [7, 11) is 0. The highest BCUT2D eigenvalue weighted by Crippen LogP contribution is 2.28. The molecular formula is C24H22ClNO3. The van der Waals surface area contributed by atoms with E-state index in [0.717, 1.165) is 23.0 Å². The summed E-state index contributed by atoms with van der Waals surface area (Å²) in [4.78, 5) is 23.6. The van der Waals surface area contributed by atoms with Gasteiger partial charge in [0, 0.05) is 28.3 Å². The molecule has 0 aliphatic heterocycles. The Balaban J connectivity index is 1.86. The van der Waals surface area contributed by atoms with Crippen LogP contribution in [-0.4, -0.2) is 18.3 Å². The lowest BCUT2D eigenvalue weighted by Gasteiger charge is -2.16. The molecule has 3 aromatic rings. The van der Waals surface area contributed by atoms with Crippen molar-refractivity contribution >= 4 is 23.8 Å². The standard InChI is InChI=1S/C24H22ClNO3/c1-16(2)29-23-11-8-20(19-5-3-4-17(12-19)15-27)13-21(23)14-26-24(28)18-6-9-22(25)10-7-18/h3-13,15-16H,14H2,1-2H3,(H,26,28). The number of nitrogens with one attached hydrogen (secondary N) is 1. The second-order valence-corrected chi connectivity index (χ2v) is 7.36. The fraction of sp³-hybridized carbons (Fsp3) is 0.167. The zero-order valence-corrected chi connectivity index (χ0v) is 17.1. The molecule has 1 N–H and O–H groups in total. The number of aldehydes is 1. The van der Waals surface area contributed by atoms with E-state index in [1.165, 1.54) is 0 Å². The average molecular weight is 408 g/mol. The van der Waals surface area contributed by atoms with Crippen LogP contribution in [0.4, 0.5) is 0 Å². The maximum atomic E-state index is 12.5. The van der Waals surface area contributed by atoms with Gasteiger partial charge in [-0.2, -0.15) is 0 Å². The van der Waals surface area contributed by atoms with Crippen molar-refractivity contribution in [2.45, 2.75) is 26.5 Å². The zero-order valence-electron chi connectivity index (χ0n) is 16.3. The number of rotatable bonds is 7. The summed E-state index contributed by atoms with van der Waals surface area (Å²) in [5, 5.41) is 3.51. The lowest BCUT2D eigenvalue weighted by molar-refractivity contribution is 0.0950. The molecule has 148 valence electrons. The predicted octanol–water partition coefficient (Wildman–Crippen LogP) is 5.54. The van der Waals surface area contributed by atoms with Gasteiger partial charge < -0.3 is 10.1 Å².